The summed E-state index contributed by atoms with van der Waals surface area (Å²) >= 11 is 0. The fraction of sp³-hybridized carbons (Fsp3) is 0.761. The Morgan fingerprint density at radius 1 is 0.455 bits per heavy atom. The summed E-state index contributed by atoms with van der Waals surface area (Å²) in [5.41, 5.74) is 0. The molecule has 0 heterocycles. The highest BCUT2D eigenvalue weighted by molar-refractivity contribution is 7.45. The first-order valence-electron chi connectivity index (χ1n) is 31.9. The molecule has 3 atom stereocenters. The van der Waals surface area contributed by atoms with Crippen molar-refractivity contribution in [2.45, 2.75) is 290 Å². The smallest absolute Gasteiger partial charge is 0.306 e. The van der Waals surface area contributed by atoms with Crippen molar-refractivity contribution in [2.24, 2.45) is 0 Å². The highest BCUT2D eigenvalue weighted by atomic mass is 31.2. The third-order valence-corrected chi connectivity index (χ3v) is 14.8. The molecule has 0 rings (SSSR count). The largest absolute Gasteiger partial charge is 0.756 e. The Kier molecular flexibility index (Phi) is 54.4. The summed E-state index contributed by atoms with van der Waals surface area (Å²) in [7, 11) is 1.15. The van der Waals surface area contributed by atoms with Gasteiger partial charge in [0.2, 0.25) is 5.91 Å². The number of phosphoric acid groups is 1. The van der Waals surface area contributed by atoms with Gasteiger partial charge in [0, 0.05) is 12.8 Å². The molecule has 0 aliphatic heterocycles. The number of phosphoric ester groups is 1. The summed E-state index contributed by atoms with van der Waals surface area (Å²) in [6.07, 6.45) is 74.2. The minimum atomic E-state index is -4.71. The van der Waals surface area contributed by atoms with E-state index in [1.54, 1.807) is 0 Å². The number of carbonyl (C=O) groups is 2. The van der Waals surface area contributed by atoms with Crippen LogP contribution in [0.2, 0.25) is 0 Å². The molecule has 1 N–H and O–H groups in total. The Hall–Kier alpha value is -2.81. The number of quaternary nitrogens is 1. The third-order valence-electron chi connectivity index (χ3n) is 13.8. The topological polar surface area (TPSA) is 114 Å². The summed E-state index contributed by atoms with van der Waals surface area (Å²) in [4.78, 5) is 40.0. The van der Waals surface area contributed by atoms with Crippen LogP contribution in [0.4, 0.5) is 0 Å². The second-order valence-corrected chi connectivity index (χ2v) is 24.0. The van der Waals surface area contributed by atoms with Crippen molar-refractivity contribution < 1.29 is 37.3 Å². The Bertz CT molecular complexity index is 1590. The molecule has 0 radical (unpaired) electrons. The molecule has 0 bridgehead atoms. The molecule has 0 spiro atoms. The zero-order chi connectivity index (χ0) is 56.4. The van der Waals surface area contributed by atoms with Gasteiger partial charge in [-0.1, -0.05) is 247 Å². The van der Waals surface area contributed by atoms with Gasteiger partial charge in [-0.2, -0.15) is 0 Å². The van der Waals surface area contributed by atoms with E-state index < -0.39 is 32.5 Å². The number of nitrogens with one attached hydrogen (secondary N) is 1. The van der Waals surface area contributed by atoms with Gasteiger partial charge in [-0.05, 0) is 102 Å². The number of unbranched alkanes of at least 4 members (excludes halogenated alkanes) is 29. The molecular weight excluding hydrogens is 976 g/mol. The second kappa shape index (κ2) is 56.5. The van der Waals surface area contributed by atoms with E-state index in [0.717, 1.165) is 77.0 Å². The number of amides is 1. The predicted octanol–water partition coefficient (Wildman–Crippen LogP) is 19.1. The van der Waals surface area contributed by atoms with E-state index in [9.17, 15) is 19.0 Å². The third kappa shape index (κ3) is 57.7. The molecule has 3 unspecified atom stereocenters. The van der Waals surface area contributed by atoms with Crippen LogP contribution in [0, 0.1) is 0 Å². The highest BCUT2D eigenvalue weighted by Crippen LogP contribution is 2.38. The van der Waals surface area contributed by atoms with E-state index in [1.807, 2.05) is 33.3 Å². The zero-order valence-corrected chi connectivity index (χ0v) is 51.8. The van der Waals surface area contributed by atoms with Crippen LogP contribution in [-0.2, 0) is 27.9 Å². The lowest BCUT2D eigenvalue weighted by molar-refractivity contribution is -0.870. The summed E-state index contributed by atoms with van der Waals surface area (Å²) in [6, 6.07) is -0.914. The summed E-state index contributed by atoms with van der Waals surface area (Å²) < 4.78 is 30.3. The summed E-state index contributed by atoms with van der Waals surface area (Å²) in [5.74, 6) is -0.607. The molecule has 10 heteroatoms. The number of hydrogen-bond acceptors (Lipinski definition) is 7. The van der Waals surface area contributed by atoms with E-state index in [1.165, 1.54) is 161 Å². The van der Waals surface area contributed by atoms with Crippen LogP contribution >= 0.6 is 7.82 Å². The lowest BCUT2D eigenvalue weighted by atomic mass is 10.0. The van der Waals surface area contributed by atoms with Gasteiger partial charge >= 0.3 is 5.97 Å². The molecule has 1 amide bonds. The number of esters is 1. The highest BCUT2D eigenvalue weighted by Gasteiger charge is 2.27. The second-order valence-electron chi connectivity index (χ2n) is 22.6. The first-order valence-corrected chi connectivity index (χ1v) is 33.4. The van der Waals surface area contributed by atoms with Gasteiger partial charge in [0.15, 0.2) is 0 Å². The quantitative estimate of drug-likeness (QED) is 0.0212. The van der Waals surface area contributed by atoms with Gasteiger partial charge in [-0.25, -0.2) is 0 Å². The van der Waals surface area contributed by atoms with Crippen molar-refractivity contribution >= 4 is 19.7 Å². The van der Waals surface area contributed by atoms with Crippen LogP contribution in [0.15, 0.2) is 85.1 Å². The molecule has 0 saturated carbocycles. The molecule has 0 aromatic heterocycles. The fourth-order valence-electron chi connectivity index (χ4n) is 8.84. The van der Waals surface area contributed by atoms with E-state index in [4.69, 9.17) is 13.8 Å². The van der Waals surface area contributed by atoms with Gasteiger partial charge in [0.25, 0.3) is 7.82 Å². The molecule has 0 aliphatic carbocycles. The number of rotatable bonds is 57. The van der Waals surface area contributed by atoms with Gasteiger partial charge in [-0.15, -0.1) is 0 Å². The number of hydrogen-bond donors (Lipinski definition) is 1. The molecule has 0 saturated heterocycles. The van der Waals surface area contributed by atoms with Crippen LogP contribution in [0.1, 0.15) is 278 Å². The Morgan fingerprint density at radius 2 is 0.805 bits per heavy atom. The lowest BCUT2D eigenvalue weighted by Gasteiger charge is -2.30. The molecule has 77 heavy (non-hydrogen) atoms. The van der Waals surface area contributed by atoms with Crippen molar-refractivity contribution in [1.29, 1.82) is 0 Å². The van der Waals surface area contributed by atoms with Crippen LogP contribution < -0.4 is 10.2 Å². The summed E-state index contributed by atoms with van der Waals surface area (Å²) in [6.45, 7) is 6.75. The van der Waals surface area contributed by atoms with E-state index in [2.05, 4.69) is 99.0 Å². The minimum Gasteiger partial charge on any atom is -0.756 e. The predicted molar refractivity (Wildman–Crippen MR) is 330 cm³/mol. The molecule has 0 fully saturated rings. The minimum absolute atomic E-state index is 0.0334. The summed E-state index contributed by atoms with van der Waals surface area (Å²) in [5, 5.41) is 3.02. The average Bonchev–Trinajstić information content (AvgIpc) is 3.39. The SMILES string of the molecule is CCCCC/C=C\C/C=C\C/C=C\C/C=C\CCCC(=O)OC(/C=C\CCCCCCCCCCC)C(COP(=O)([O-])OCC[N+](C)(C)C)NC(=O)CCCCCCCCCCCCCCC/C=C\C/C=C\CCCCC. The molecule has 0 aliphatic rings. The molecule has 9 nitrogen and oxygen atoms in total. The van der Waals surface area contributed by atoms with Crippen LogP contribution in [-0.4, -0.2) is 69.4 Å². The maximum Gasteiger partial charge on any atom is 0.306 e. The van der Waals surface area contributed by atoms with Gasteiger partial charge < -0.3 is 28.5 Å². The van der Waals surface area contributed by atoms with Gasteiger partial charge in [0.1, 0.15) is 19.3 Å². The maximum atomic E-state index is 13.5. The first kappa shape index (κ1) is 74.2. The monoisotopic (exact) mass is 1100 g/mol. The van der Waals surface area contributed by atoms with Crippen LogP contribution in [0.25, 0.3) is 0 Å². The van der Waals surface area contributed by atoms with E-state index >= 15 is 0 Å². The molecule has 0 aromatic carbocycles. The van der Waals surface area contributed by atoms with Gasteiger partial charge in [-0.3, -0.25) is 14.2 Å². The van der Waals surface area contributed by atoms with Crippen LogP contribution in [0.3, 0.4) is 0 Å². The van der Waals surface area contributed by atoms with Crippen molar-refractivity contribution in [3.63, 3.8) is 0 Å². The number of likely N-dealkylation sites (N-methyl/N-ethyl adjacent to an activating group) is 1. The zero-order valence-electron chi connectivity index (χ0n) is 50.9. The normalized spacial score (nSPS) is 14.2. The van der Waals surface area contributed by atoms with Crippen molar-refractivity contribution in [3.05, 3.63) is 85.1 Å². The van der Waals surface area contributed by atoms with E-state index in [-0.39, 0.29) is 18.9 Å². The first-order chi connectivity index (χ1) is 37.4. The number of allylic oxidation sites excluding steroid dienone is 13. The Balaban J connectivity index is 5.21. The standard InChI is InChI=1S/C67H121N2O7P/c1-7-10-13-16-19-22-25-27-29-31-32-33-34-35-36-38-39-41-44-47-50-53-56-59-66(70)68-64(63-75-77(72,73)74-62-61-69(4,5)6)65(58-55-52-49-46-43-24-21-18-15-12-9-3)76-67(71)60-57-54-51-48-45-42-40-37-30-28-26-23-20-17-14-11-8-2/h19-20,22-23,27-30,40,42,48,51,55,58,64-65H,7-18,21,24-26,31-39,41,43-47,49-50,52-54,56-57,59-63H2,1-6H3,(H-,68,70,72,73)/b22-19-,23-20-,29-27-,30-28-,42-40-,51-48-,58-55-. The Morgan fingerprint density at radius 3 is 1.23 bits per heavy atom. The van der Waals surface area contributed by atoms with Crippen molar-refractivity contribution in [3.8, 4) is 0 Å². The van der Waals surface area contributed by atoms with Crippen molar-refractivity contribution in [2.75, 3.05) is 40.9 Å². The molecular formula is C67H121N2O7P. The number of carbonyl (C=O) groups excluding carboxylic acids is 2. The van der Waals surface area contributed by atoms with Gasteiger partial charge in [0.05, 0.1) is 33.8 Å². The maximum absolute atomic E-state index is 13.5. The lowest BCUT2D eigenvalue weighted by Crippen LogP contribution is -2.47. The van der Waals surface area contributed by atoms with E-state index in [0.29, 0.717) is 23.9 Å². The van der Waals surface area contributed by atoms with Crippen molar-refractivity contribution in [1.82, 2.24) is 5.32 Å². The Labute approximate surface area is 476 Å². The fourth-order valence-corrected chi connectivity index (χ4v) is 9.56. The molecule has 0 aromatic rings. The molecule has 446 valence electrons. The van der Waals surface area contributed by atoms with Crippen LogP contribution in [0.5, 0.6) is 0 Å². The number of nitrogens with zero attached hydrogens (tertiary/aromatic N) is 1. The number of ether oxygens (including phenoxy) is 1. The average molecular weight is 1100 g/mol.